The molecule has 2 rings (SSSR count). The number of hydrogen-bond acceptors (Lipinski definition) is 2. The van der Waals surface area contributed by atoms with Gasteiger partial charge >= 0.3 is 9.28 Å². The molecule has 0 fully saturated rings. The van der Waals surface area contributed by atoms with Crippen molar-refractivity contribution >= 4 is 20.1 Å². The van der Waals surface area contributed by atoms with E-state index in [0.29, 0.717) is 5.54 Å². The van der Waals surface area contributed by atoms with Gasteiger partial charge in [0.25, 0.3) is 0 Å². The van der Waals surface area contributed by atoms with E-state index in [2.05, 4.69) is 49.4 Å². The van der Waals surface area contributed by atoms with Crippen molar-refractivity contribution in [2.75, 3.05) is 14.2 Å². The largest absolute Gasteiger partial charge is 0.400 e. The summed E-state index contributed by atoms with van der Waals surface area (Å²) in [6, 6.07) is 14.9. The molecule has 0 radical (unpaired) electrons. The fourth-order valence-electron chi connectivity index (χ4n) is 2.30. The van der Waals surface area contributed by atoms with Crippen LogP contribution in [0.1, 0.15) is 18.0 Å². The normalized spacial score (nSPS) is 13.2. The van der Waals surface area contributed by atoms with Crippen molar-refractivity contribution in [1.82, 2.24) is 0 Å². The van der Waals surface area contributed by atoms with E-state index in [1.165, 1.54) is 16.3 Å². The van der Waals surface area contributed by atoms with Gasteiger partial charge < -0.3 is 8.85 Å². The highest BCUT2D eigenvalue weighted by Crippen LogP contribution is 2.27. The van der Waals surface area contributed by atoms with E-state index in [-0.39, 0.29) is 0 Å². The molecule has 2 aromatic rings. The van der Waals surface area contributed by atoms with E-state index in [9.17, 15) is 0 Å². The molecule has 90 valence electrons. The molecule has 0 saturated heterocycles. The first-order valence-electron chi connectivity index (χ1n) is 5.81. The number of benzene rings is 2. The molecular formula is C14H18O2Si. The molecule has 1 atom stereocenters. The summed E-state index contributed by atoms with van der Waals surface area (Å²) in [5, 5.41) is 2.57. The zero-order valence-corrected chi connectivity index (χ0v) is 11.7. The van der Waals surface area contributed by atoms with Gasteiger partial charge in [0.15, 0.2) is 0 Å². The molecule has 0 aliphatic rings. The second-order valence-electron chi connectivity index (χ2n) is 4.20. The summed E-state index contributed by atoms with van der Waals surface area (Å²) < 4.78 is 11.0. The van der Waals surface area contributed by atoms with Crippen LogP contribution < -0.4 is 0 Å². The molecule has 1 unspecified atom stereocenters. The summed E-state index contributed by atoms with van der Waals surface area (Å²) in [4.78, 5) is 0. The Labute approximate surface area is 104 Å². The third kappa shape index (κ3) is 2.41. The predicted molar refractivity (Wildman–Crippen MR) is 73.5 cm³/mol. The van der Waals surface area contributed by atoms with Crippen LogP contribution in [-0.2, 0) is 8.85 Å². The molecule has 0 spiro atoms. The molecule has 2 aromatic carbocycles. The Hall–Kier alpha value is -1.16. The Bertz CT molecular complexity index is 489. The van der Waals surface area contributed by atoms with Crippen molar-refractivity contribution < 1.29 is 8.85 Å². The van der Waals surface area contributed by atoms with Crippen molar-refractivity contribution in [3.05, 3.63) is 48.0 Å². The Morgan fingerprint density at radius 3 is 2.29 bits per heavy atom. The maximum atomic E-state index is 5.48. The van der Waals surface area contributed by atoms with Gasteiger partial charge in [-0.3, -0.25) is 0 Å². The quantitative estimate of drug-likeness (QED) is 0.772. The van der Waals surface area contributed by atoms with Crippen LogP contribution in [-0.4, -0.2) is 23.5 Å². The first kappa shape index (κ1) is 12.3. The van der Waals surface area contributed by atoms with E-state index in [1.807, 2.05) is 0 Å². The standard InChI is InChI=1S/C14H18O2Si/c1-11(17(15-2)16-3)13-10-6-8-12-7-4-5-9-14(12)13/h4-11,17H,1-3H3. The highest BCUT2D eigenvalue weighted by molar-refractivity contribution is 6.46. The average molecular weight is 246 g/mol. The summed E-state index contributed by atoms with van der Waals surface area (Å²) in [6.45, 7) is 2.19. The van der Waals surface area contributed by atoms with Crippen LogP contribution in [0.15, 0.2) is 42.5 Å². The lowest BCUT2D eigenvalue weighted by Crippen LogP contribution is -2.27. The molecule has 0 aliphatic heterocycles. The van der Waals surface area contributed by atoms with Gasteiger partial charge in [0.1, 0.15) is 0 Å². The van der Waals surface area contributed by atoms with E-state index in [4.69, 9.17) is 8.85 Å². The topological polar surface area (TPSA) is 18.5 Å². The first-order chi connectivity index (χ1) is 8.27. The van der Waals surface area contributed by atoms with Crippen molar-refractivity contribution in [2.24, 2.45) is 0 Å². The Morgan fingerprint density at radius 2 is 1.59 bits per heavy atom. The van der Waals surface area contributed by atoms with Gasteiger partial charge in [-0.05, 0) is 16.3 Å². The van der Waals surface area contributed by atoms with Crippen LogP contribution in [0, 0.1) is 0 Å². The minimum Gasteiger partial charge on any atom is -0.400 e. The van der Waals surface area contributed by atoms with E-state index < -0.39 is 9.28 Å². The lowest BCUT2D eigenvalue weighted by atomic mass is 10.0. The third-order valence-electron chi connectivity index (χ3n) is 3.19. The molecule has 0 aliphatic carbocycles. The van der Waals surface area contributed by atoms with Gasteiger partial charge in [0.2, 0.25) is 0 Å². The molecule has 0 amide bonds. The second kappa shape index (κ2) is 5.45. The maximum absolute atomic E-state index is 5.48. The molecule has 0 aromatic heterocycles. The van der Waals surface area contributed by atoms with E-state index in [0.717, 1.165) is 0 Å². The van der Waals surface area contributed by atoms with Crippen molar-refractivity contribution in [2.45, 2.75) is 12.5 Å². The fraction of sp³-hybridized carbons (Fsp3) is 0.286. The van der Waals surface area contributed by atoms with Crippen molar-refractivity contribution in [3.8, 4) is 0 Å². The van der Waals surface area contributed by atoms with Crippen LogP contribution in [0.3, 0.4) is 0 Å². The summed E-state index contributed by atoms with van der Waals surface area (Å²) in [7, 11) is 1.86. The van der Waals surface area contributed by atoms with Gasteiger partial charge in [-0.25, -0.2) is 0 Å². The van der Waals surface area contributed by atoms with Crippen LogP contribution in [0.4, 0.5) is 0 Å². The second-order valence-corrected chi connectivity index (χ2v) is 6.88. The van der Waals surface area contributed by atoms with E-state index in [1.54, 1.807) is 14.2 Å². The van der Waals surface area contributed by atoms with Gasteiger partial charge in [0, 0.05) is 19.8 Å². The van der Waals surface area contributed by atoms with Crippen LogP contribution in [0.25, 0.3) is 10.8 Å². The zero-order valence-electron chi connectivity index (χ0n) is 10.5. The molecule has 0 N–H and O–H groups in total. The van der Waals surface area contributed by atoms with Gasteiger partial charge in [-0.2, -0.15) is 0 Å². The SMILES string of the molecule is CO[SiH](OC)C(C)c1cccc2ccccc12. The van der Waals surface area contributed by atoms with Crippen LogP contribution in [0.5, 0.6) is 0 Å². The minimum absolute atomic E-state index is 0.344. The van der Waals surface area contributed by atoms with E-state index >= 15 is 0 Å². The lowest BCUT2D eigenvalue weighted by molar-refractivity contribution is 0.269. The highest BCUT2D eigenvalue weighted by atomic mass is 28.3. The Morgan fingerprint density at radius 1 is 0.941 bits per heavy atom. The number of rotatable bonds is 4. The number of hydrogen-bond donors (Lipinski definition) is 0. The van der Waals surface area contributed by atoms with Gasteiger partial charge in [0.05, 0.1) is 0 Å². The van der Waals surface area contributed by atoms with Crippen molar-refractivity contribution in [1.29, 1.82) is 0 Å². The molecule has 0 bridgehead atoms. The molecule has 17 heavy (non-hydrogen) atoms. The molecule has 2 nitrogen and oxygen atoms in total. The Balaban J connectivity index is 2.47. The summed E-state index contributed by atoms with van der Waals surface area (Å²) in [5.74, 6) is 0. The Kier molecular flexibility index (Phi) is 3.94. The first-order valence-corrected chi connectivity index (χ1v) is 7.42. The third-order valence-corrected chi connectivity index (χ3v) is 5.29. The fourth-order valence-corrected chi connectivity index (χ4v) is 3.89. The van der Waals surface area contributed by atoms with Crippen molar-refractivity contribution in [3.63, 3.8) is 0 Å². The highest BCUT2D eigenvalue weighted by Gasteiger charge is 2.22. The van der Waals surface area contributed by atoms with Gasteiger partial charge in [-0.1, -0.05) is 49.4 Å². The summed E-state index contributed by atoms with van der Waals surface area (Å²) >= 11 is 0. The predicted octanol–water partition coefficient (Wildman–Crippen LogP) is 3.00. The molecular weight excluding hydrogens is 228 g/mol. The smallest absolute Gasteiger partial charge is 0.328 e. The summed E-state index contributed by atoms with van der Waals surface area (Å²) in [5.41, 5.74) is 1.67. The molecule has 0 saturated carbocycles. The van der Waals surface area contributed by atoms with Crippen LogP contribution >= 0.6 is 0 Å². The minimum atomic E-state index is -1.62. The maximum Gasteiger partial charge on any atom is 0.328 e. The monoisotopic (exact) mass is 246 g/mol. The number of fused-ring (bicyclic) bond motifs is 1. The van der Waals surface area contributed by atoms with Gasteiger partial charge in [-0.15, -0.1) is 0 Å². The lowest BCUT2D eigenvalue weighted by Gasteiger charge is -2.20. The zero-order chi connectivity index (χ0) is 12.3. The average Bonchev–Trinajstić information content (AvgIpc) is 2.39. The molecule has 0 heterocycles. The molecule has 3 heteroatoms. The summed E-state index contributed by atoms with van der Waals surface area (Å²) in [6.07, 6.45) is 0. The van der Waals surface area contributed by atoms with Crippen LogP contribution in [0.2, 0.25) is 0 Å².